The molecule has 0 heterocycles. The maximum atomic E-state index is 9.37. The van der Waals surface area contributed by atoms with Crippen LogP contribution in [-0.2, 0) is 4.74 Å². The lowest BCUT2D eigenvalue weighted by molar-refractivity contribution is -0.0326. The Morgan fingerprint density at radius 3 is 1.38 bits per heavy atom. The van der Waals surface area contributed by atoms with E-state index >= 15 is 0 Å². The standard InChI is InChI=1S/C10H22O3/c1-7(2)9(11)5-13-6-10(12)8(3)4/h7-12H,5-6H2,1-4H3/t9-,10-/m1/s1. The Kier molecular flexibility index (Phi) is 6.29. The van der Waals surface area contributed by atoms with Crippen LogP contribution in [-0.4, -0.2) is 35.6 Å². The van der Waals surface area contributed by atoms with Crippen molar-refractivity contribution in [1.29, 1.82) is 0 Å². The molecular weight excluding hydrogens is 168 g/mol. The second kappa shape index (κ2) is 6.35. The molecule has 0 aliphatic carbocycles. The fourth-order valence-corrected chi connectivity index (χ4v) is 0.694. The van der Waals surface area contributed by atoms with Crippen molar-refractivity contribution >= 4 is 0 Å². The van der Waals surface area contributed by atoms with Crippen molar-refractivity contribution in [3.63, 3.8) is 0 Å². The molecule has 80 valence electrons. The molecule has 0 unspecified atom stereocenters. The van der Waals surface area contributed by atoms with Gasteiger partial charge >= 0.3 is 0 Å². The van der Waals surface area contributed by atoms with E-state index < -0.39 is 12.2 Å². The van der Waals surface area contributed by atoms with Crippen molar-refractivity contribution in [3.8, 4) is 0 Å². The fraction of sp³-hybridized carbons (Fsp3) is 1.00. The number of hydrogen-bond acceptors (Lipinski definition) is 3. The lowest BCUT2D eigenvalue weighted by Gasteiger charge is -2.18. The number of aliphatic hydroxyl groups is 2. The summed E-state index contributed by atoms with van der Waals surface area (Å²) in [6.45, 7) is 8.36. The van der Waals surface area contributed by atoms with Gasteiger partial charge in [0.05, 0.1) is 25.4 Å². The highest BCUT2D eigenvalue weighted by Gasteiger charge is 2.12. The molecule has 0 aromatic carbocycles. The van der Waals surface area contributed by atoms with E-state index in [0.717, 1.165) is 0 Å². The third kappa shape index (κ3) is 6.02. The maximum Gasteiger partial charge on any atom is 0.0796 e. The van der Waals surface area contributed by atoms with Crippen LogP contribution in [0, 0.1) is 11.8 Å². The molecule has 0 amide bonds. The lowest BCUT2D eigenvalue weighted by Crippen LogP contribution is -2.27. The number of rotatable bonds is 6. The summed E-state index contributed by atoms with van der Waals surface area (Å²) in [5.41, 5.74) is 0. The molecule has 0 aromatic heterocycles. The van der Waals surface area contributed by atoms with Crippen LogP contribution in [0.2, 0.25) is 0 Å². The average Bonchev–Trinajstić information content (AvgIpc) is 2.03. The Hall–Kier alpha value is -0.120. The second-order valence-electron chi connectivity index (χ2n) is 4.16. The molecule has 0 aliphatic rings. The summed E-state index contributed by atoms with van der Waals surface area (Å²) in [7, 11) is 0. The van der Waals surface area contributed by atoms with Crippen LogP contribution in [0.1, 0.15) is 27.7 Å². The SMILES string of the molecule is CC(C)[C@H](O)COC[C@@H](O)C(C)C. The van der Waals surface area contributed by atoms with Crippen LogP contribution in [0.3, 0.4) is 0 Å². The smallest absolute Gasteiger partial charge is 0.0796 e. The topological polar surface area (TPSA) is 49.7 Å². The van der Waals surface area contributed by atoms with E-state index in [2.05, 4.69) is 0 Å². The van der Waals surface area contributed by atoms with Crippen molar-refractivity contribution in [2.75, 3.05) is 13.2 Å². The van der Waals surface area contributed by atoms with Gasteiger partial charge in [0.2, 0.25) is 0 Å². The van der Waals surface area contributed by atoms with E-state index in [9.17, 15) is 10.2 Å². The van der Waals surface area contributed by atoms with E-state index in [1.54, 1.807) is 0 Å². The van der Waals surface area contributed by atoms with Crippen molar-refractivity contribution < 1.29 is 14.9 Å². The average molecular weight is 190 g/mol. The van der Waals surface area contributed by atoms with Crippen molar-refractivity contribution in [2.24, 2.45) is 11.8 Å². The highest BCUT2D eigenvalue weighted by Crippen LogP contribution is 2.04. The molecule has 3 nitrogen and oxygen atoms in total. The fourth-order valence-electron chi connectivity index (χ4n) is 0.694. The van der Waals surface area contributed by atoms with Gasteiger partial charge in [-0.05, 0) is 11.8 Å². The van der Waals surface area contributed by atoms with Crippen LogP contribution in [0.5, 0.6) is 0 Å². The predicted octanol–water partition coefficient (Wildman–Crippen LogP) is 1.04. The summed E-state index contributed by atoms with van der Waals surface area (Å²) in [4.78, 5) is 0. The van der Waals surface area contributed by atoms with Crippen LogP contribution in [0.15, 0.2) is 0 Å². The van der Waals surface area contributed by atoms with Gasteiger partial charge in [0.1, 0.15) is 0 Å². The molecule has 0 saturated heterocycles. The molecule has 0 spiro atoms. The highest BCUT2D eigenvalue weighted by atomic mass is 16.5. The van der Waals surface area contributed by atoms with Gasteiger partial charge in [-0.3, -0.25) is 0 Å². The summed E-state index contributed by atoms with van der Waals surface area (Å²) in [5, 5.41) is 18.7. The van der Waals surface area contributed by atoms with Gasteiger partial charge in [-0.15, -0.1) is 0 Å². The van der Waals surface area contributed by atoms with E-state index in [1.807, 2.05) is 27.7 Å². The maximum absolute atomic E-state index is 9.37. The first-order valence-electron chi connectivity index (χ1n) is 4.89. The Labute approximate surface area is 80.7 Å². The van der Waals surface area contributed by atoms with Gasteiger partial charge in [0, 0.05) is 0 Å². The van der Waals surface area contributed by atoms with Gasteiger partial charge in [0.15, 0.2) is 0 Å². The predicted molar refractivity (Wildman–Crippen MR) is 52.5 cm³/mol. The van der Waals surface area contributed by atoms with Gasteiger partial charge in [-0.2, -0.15) is 0 Å². The van der Waals surface area contributed by atoms with Gasteiger partial charge < -0.3 is 14.9 Å². The minimum Gasteiger partial charge on any atom is -0.390 e. The Morgan fingerprint density at radius 2 is 1.15 bits per heavy atom. The van der Waals surface area contributed by atoms with E-state index in [-0.39, 0.29) is 11.8 Å². The molecule has 0 radical (unpaired) electrons. The Morgan fingerprint density at radius 1 is 0.846 bits per heavy atom. The molecular formula is C10H22O3. The number of ether oxygens (including phenoxy) is 1. The molecule has 0 fully saturated rings. The van der Waals surface area contributed by atoms with Crippen molar-refractivity contribution in [1.82, 2.24) is 0 Å². The van der Waals surface area contributed by atoms with E-state index in [1.165, 1.54) is 0 Å². The first-order valence-corrected chi connectivity index (χ1v) is 4.89. The largest absolute Gasteiger partial charge is 0.390 e. The summed E-state index contributed by atoms with van der Waals surface area (Å²) >= 11 is 0. The molecule has 0 aromatic rings. The Balaban J connectivity index is 3.45. The molecule has 0 rings (SSSR count). The van der Waals surface area contributed by atoms with E-state index in [0.29, 0.717) is 13.2 Å². The van der Waals surface area contributed by atoms with Crippen LogP contribution < -0.4 is 0 Å². The normalized spacial score (nSPS) is 16.6. The zero-order valence-corrected chi connectivity index (χ0v) is 9.03. The second-order valence-corrected chi connectivity index (χ2v) is 4.16. The summed E-state index contributed by atoms with van der Waals surface area (Å²) in [6, 6.07) is 0. The first-order chi connectivity index (χ1) is 5.95. The summed E-state index contributed by atoms with van der Waals surface area (Å²) in [6.07, 6.45) is -0.862. The lowest BCUT2D eigenvalue weighted by atomic mass is 10.1. The zero-order valence-electron chi connectivity index (χ0n) is 9.03. The van der Waals surface area contributed by atoms with Gasteiger partial charge in [-0.1, -0.05) is 27.7 Å². The summed E-state index contributed by atoms with van der Waals surface area (Å²) in [5.74, 6) is 0.410. The third-order valence-corrected chi connectivity index (χ3v) is 2.12. The van der Waals surface area contributed by atoms with Gasteiger partial charge in [-0.25, -0.2) is 0 Å². The molecule has 2 N–H and O–H groups in total. The summed E-state index contributed by atoms with van der Waals surface area (Å²) < 4.78 is 5.18. The van der Waals surface area contributed by atoms with Crippen molar-refractivity contribution in [2.45, 2.75) is 39.9 Å². The molecule has 3 heteroatoms. The molecule has 0 bridgehead atoms. The first kappa shape index (κ1) is 12.9. The minimum absolute atomic E-state index is 0.205. The monoisotopic (exact) mass is 190 g/mol. The zero-order chi connectivity index (χ0) is 10.4. The Bertz CT molecular complexity index is 109. The van der Waals surface area contributed by atoms with Crippen LogP contribution in [0.4, 0.5) is 0 Å². The quantitative estimate of drug-likeness (QED) is 0.658. The highest BCUT2D eigenvalue weighted by molar-refractivity contribution is 4.61. The van der Waals surface area contributed by atoms with Gasteiger partial charge in [0.25, 0.3) is 0 Å². The number of hydrogen-bond donors (Lipinski definition) is 2. The molecule has 13 heavy (non-hydrogen) atoms. The van der Waals surface area contributed by atoms with E-state index in [4.69, 9.17) is 4.74 Å². The molecule has 0 aliphatic heterocycles. The number of aliphatic hydroxyl groups excluding tert-OH is 2. The van der Waals surface area contributed by atoms with Crippen LogP contribution in [0.25, 0.3) is 0 Å². The molecule has 0 saturated carbocycles. The minimum atomic E-state index is -0.431. The van der Waals surface area contributed by atoms with Crippen LogP contribution >= 0.6 is 0 Å². The molecule has 2 atom stereocenters. The van der Waals surface area contributed by atoms with Crippen molar-refractivity contribution in [3.05, 3.63) is 0 Å². The third-order valence-electron chi connectivity index (χ3n) is 2.12.